The smallest absolute Gasteiger partial charge is 0.263 e. The molecule has 0 aliphatic heterocycles. The van der Waals surface area contributed by atoms with E-state index in [2.05, 4.69) is 20.7 Å². The molecule has 0 radical (unpaired) electrons. The minimum atomic E-state index is -3.83. The first kappa shape index (κ1) is 15.9. The number of sulfonamides is 1. The summed E-state index contributed by atoms with van der Waals surface area (Å²) in [5, 5.41) is 0.0570. The number of nitrogen functional groups attached to an aromatic ring is 1. The second-order valence-corrected chi connectivity index (χ2v) is 7.05. The molecule has 0 saturated heterocycles. The van der Waals surface area contributed by atoms with Crippen LogP contribution in [-0.2, 0) is 10.0 Å². The van der Waals surface area contributed by atoms with Crippen LogP contribution >= 0.6 is 27.5 Å². The van der Waals surface area contributed by atoms with E-state index in [0.29, 0.717) is 21.6 Å². The normalized spacial score (nSPS) is 11.2. The maximum Gasteiger partial charge on any atom is 0.263 e. The maximum atomic E-state index is 12.4. The Morgan fingerprint density at radius 2 is 1.95 bits per heavy atom. The van der Waals surface area contributed by atoms with Crippen molar-refractivity contribution in [2.75, 3.05) is 17.6 Å². The highest BCUT2D eigenvalue weighted by Crippen LogP contribution is 2.31. The van der Waals surface area contributed by atoms with Crippen molar-refractivity contribution in [3.05, 3.63) is 45.9 Å². The second kappa shape index (κ2) is 6.13. The van der Waals surface area contributed by atoms with Crippen molar-refractivity contribution >= 4 is 48.9 Å². The number of methoxy groups -OCH3 is 1. The SMILES string of the molecule is COc1ccc(Br)c(NS(=O)(=O)c2ccc(N)cc2Cl)c1. The summed E-state index contributed by atoms with van der Waals surface area (Å²) >= 11 is 9.22. The van der Waals surface area contributed by atoms with Crippen molar-refractivity contribution < 1.29 is 13.2 Å². The Balaban J connectivity index is 2.42. The Morgan fingerprint density at radius 1 is 1.24 bits per heavy atom. The fourth-order valence-electron chi connectivity index (χ4n) is 1.64. The summed E-state index contributed by atoms with van der Waals surface area (Å²) < 4.78 is 32.9. The number of benzene rings is 2. The predicted octanol–water partition coefficient (Wildman–Crippen LogP) is 3.49. The van der Waals surface area contributed by atoms with Gasteiger partial charge in [0.15, 0.2) is 0 Å². The van der Waals surface area contributed by atoms with E-state index in [9.17, 15) is 8.42 Å². The average molecular weight is 392 g/mol. The molecule has 0 aliphatic carbocycles. The van der Waals surface area contributed by atoms with Crippen molar-refractivity contribution in [3.8, 4) is 5.75 Å². The summed E-state index contributed by atoms with van der Waals surface area (Å²) in [5.41, 5.74) is 6.30. The van der Waals surface area contributed by atoms with E-state index >= 15 is 0 Å². The van der Waals surface area contributed by atoms with E-state index in [4.69, 9.17) is 22.1 Å². The van der Waals surface area contributed by atoms with Crippen LogP contribution in [0.25, 0.3) is 0 Å². The van der Waals surface area contributed by atoms with E-state index in [0.717, 1.165) is 0 Å². The fourth-order valence-corrected chi connectivity index (χ4v) is 3.75. The molecule has 2 rings (SSSR count). The number of hydrogen-bond acceptors (Lipinski definition) is 4. The first-order valence-electron chi connectivity index (χ1n) is 5.75. The minimum absolute atomic E-state index is 0.0481. The van der Waals surface area contributed by atoms with Gasteiger partial charge in [-0.05, 0) is 46.3 Å². The second-order valence-electron chi connectivity index (χ2n) is 4.14. The van der Waals surface area contributed by atoms with Crippen LogP contribution in [-0.4, -0.2) is 15.5 Å². The fraction of sp³-hybridized carbons (Fsp3) is 0.0769. The van der Waals surface area contributed by atoms with Gasteiger partial charge in [-0.1, -0.05) is 11.6 Å². The number of nitrogens with two attached hydrogens (primary N) is 1. The third kappa shape index (κ3) is 3.61. The lowest BCUT2D eigenvalue weighted by molar-refractivity contribution is 0.415. The Bertz CT molecular complexity index is 781. The Morgan fingerprint density at radius 3 is 2.57 bits per heavy atom. The van der Waals surface area contributed by atoms with Crippen LogP contribution in [0.3, 0.4) is 0 Å². The summed E-state index contributed by atoms with van der Waals surface area (Å²) in [6, 6.07) is 9.16. The quantitative estimate of drug-likeness (QED) is 0.782. The van der Waals surface area contributed by atoms with Crippen molar-refractivity contribution in [2.45, 2.75) is 4.90 Å². The topological polar surface area (TPSA) is 81.4 Å². The lowest BCUT2D eigenvalue weighted by Gasteiger charge is -2.12. The lowest BCUT2D eigenvalue weighted by atomic mass is 10.3. The summed E-state index contributed by atoms with van der Waals surface area (Å²) in [5.74, 6) is 0.527. The number of halogens is 2. The van der Waals surface area contributed by atoms with Crippen molar-refractivity contribution in [3.63, 3.8) is 0 Å². The highest BCUT2D eigenvalue weighted by Gasteiger charge is 2.19. The van der Waals surface area contributed by atoms with E-state index in [1.54, 1.807) is 18.2 Å². The Labute approximate surface area is 136 Å². The largest absolute Gasteiger partial charge is 0.497 e. The lowest BCUT2D eigenvalue weighted by Crippen LogP contribution is -2.14. The molecule has 0 amide bonds. The highest BCUT2D eigenvalue weighted by molar-refractivity contribution is 9.10. The summed E-state index contributed by atoms with van der Waals surface area (Å²) in [7, 11) is -2.33. The third-order valence-electron chi connectivity index (χ3n) is 2.66. The van der Waals surface area contributed by atoms with Crippen LogP contribution in [0.2, 0.25) is 5.02 Å². The zero-order valence-corrected chi connectivity index (χ0v) is 14.1. The Kier molecular flexibility index (Phi) is 4.65. The summed E-state index contributed by atoms with van der Waals surface area (Å²) in [6.07, 6.45) is 0. The number of ether oxygens (including phenoxy) is 1. The monoisotopic (exact) mass is 390 g/mol. The van der Waals surface area contributed by atoms with Crippen LogP contribution < -0.4 is 15.2 Å². The van der Waals surface area contributed by atoms with Crippen molar-refractivity contribution in [1.82, 2.24) is 0 Å². The predicted molar refractivity (Wildman–Crippen MR) is 87.4 cm³/mol. The van der Waals surface area contributed by atoms with Crippen LogP contribution in [0.5, 0.6) is 5.75 Å². The van der Waals surface area contributed by atoms with Gasteiger partial charge >= 0.3 is 0 Å². The van der Waals surface area contributed by atoms with Crippen molar-refractivity contribution in [1.29, 1.82) is 0 Å². The van der Waals surface area contributed by atoms with Gasteiger partial charge in [0, 0.05) is 16.2 Å². The van der Waals surface area contributed by atoms with Gasteiger partial charge in [0.25, 0.3) is 10.0 Å². The number of nitrogens with one attached hydrogen (secondary N) is 1. The van der Waals surface area contributed by atoms with E-state index in [-0.39, 0.29) is 9.92 Å². The van der Waals surface area contributed by atoms with Gasteiger partial charge in [-0.25, -0.2) is 8.42 Å². The molecule has 8 heteroatoms. The van der Waals surface area contributed by atoms with Gasteiger partial charge in [0.1, 0.15) is 10.6 Å². The molecule has 112 valence electrons. The zero-order chi connectivity index (χ0) is 15.6. The molecule has 5 nitrogen and oxygen atoms in total. The van der Waals surface area contributed by atoms with E-state index < -0.39 is 10.0 Å². The molecular formula is C13H12BrClN2O3S. The molecular weight excluding hydrogens is 380 g/mol. The molecule has 0 unspecified atom stereocenters. The van der Waals surface area contributed by atoms with Crippen LogP contribution in [0, 0.1) is 0 Å². The molecule has 0 atom stereocenters. The third-order valence-corrected chi connectivity index (χ3v) is 5.20. The molecule has 2 aromatic carbocycles. The van der Waals surface area contributed by atoms with Gasteiger partial charge in [-0.2, -0.15) is 0 Å². The van der Waals surface area contributed by atoms with Gasteiger partial charge in [0.05, 0.1) is 17.8 Å². The number of anilines is 2. The standard InChI is InChI=1S/C13H12BrClN2O3S/c1-20-9-3-4-10(14)12(7-9)17-21(18,19)13-5-2-8(16)6-11(13)15/h2-7,17H,16H2,1H3. The van der Waals surface area contributed by atoms with E-state index in [1.807, 2.05) is 0 Å². The molecule has 21 heavy (non-hydrogen) atoms. The van der Waals surface area contributed by atoms with Crippen molar-refractivity contribution in [2.24, 2.45) is 0 Å². The van der Waals surface area contributed by atoms with E-state index in [1.165, 1.54) is 25.3 Å². The molecule has 3 N–H and O–H groups in total. The first-order valence-corrected chi connectivity index (χ1v) is 8.40. The molecule has 0 bridgehead atoms. The zero-order valence-electron chi connectivity index (χ0n) is 10.9. The van der Waals surface area contributed by atoms with Gasteiger partial charge in [-0.3, -0.25) is 4.72 Å². The molecule has 0 spiro atoms. The molecule has 0 heterocycles. The Hall–Kier alpha value is -1.44. The molecule has 0 aromatic heterocycles. The average Bonchev–Trinajstić information content (AvgIpc) is 2.40. The molecule has 2 aromatic rings. The molecule has 0 saturated carbocycles. The van der Waals surface area contributed by atoms with Gasteiger partial charge in [-0.15, -0.1) is 0 Å². The minimum Gasteiger partial charge on any atom is -0.497 e. The number of hydrogen-bond donors (Lipinski definition) is 2. The summed E-state index contributed by atoms with van der Waals surface area (Å²) in [4.78, 5) is -0.0481. The summed E-state index contributed by atoms with van der Waals surface area (Å²) in [6.45, 7) is 0. The van der Waals surface area contributed by atoms with Crippen LogP contribution in [0.15, 0.2) is 45.8 Å². The van der Waals surface area contributed by atoms with Crippen LogP contribution in [0.4, 0.5) is 11.4 Å². The maximum absolute atomic E-state index is 12.4. The molecule has 0 aliphatic rings. The highest BCUT2D eigenvalue weighted by atomic mass is 79.9. The van der Waals surface area contributed by atoms with Crippen LogP contribution in [0.1, 0.15) is 0 Å². The molecule has 0 fully saturated rings. The van der Waals surface area contributed by atoms with Gasteiger partial charge < -0.3 is 10.5 Å². The van der Waals surface area contributed by atoms with Gasteiger partial charge in [0.2, 0.25) is 0 Å². The first-order chi connectivity index (χ1) is 9.83. The number of rotatable bonds is 4.